The summed E-state index contributed by atoms with van der Waals surface area (Å²) in [6, 6.07) is 4.33. The first kappa shape index (κ1) is 11.7. The van der Waals surface area contributed by atoms with E-state index in [0.717, 1.165) is 4.47 Å². The summed E-state index contributed by atoms with van der Waals surface area (Å²) in [7, 11) is -3.69. The zero-order chi connectivity index (χ0) is 11.8. The highest BCUT2D eigenvalue weighted by Crippen LogP contribution is 2.27. The second-order valence-corrected chi connectivity index (χ2v) is 5.63. The number of anilines is 1. The first-order valence-corrected chi connectivity index (χ1v) is 6.54. The molecule has 5 nitrogen and oxygen atoms in total. The van der Waals surface area contributed by atoms with Crippen molar-refractivity contribution < 1.29 is 13.3 Å². The minimum Gasteiger partial charge on any atom is -0.398 e. The van der Waals surface area contributed by atoms with Gasteiger partial charge in [-0.2, -0.15) is 0 Å². The van der Waals surface area contributed by atoms with Crippen molar-refractivity contribution in [3.63, 3.8) is 0 Å². The number of benzene rings is 1. The van der Waals surface area contributed by atoms with E-state index in [4.69, 9.17) is 22.2 Å². The van der Waals surface area contributed by atoms with Gasteiger partial charge in [-0.25, -0.2) is 8.42 Å². The molecule has 0 aromatic heterocycles. The van der Waals surface area contributed by atoms with Gasteiger partial charge in [0.15, 0.2) is 0 Å². The van der Waals surface area contributed by atoms with Crippen LogP contribution < -0.4 is 5.73 Å². The number of hydrogen-bond donors (Lipinski definition) is 1. The minimum absolute atomic E-state index is 0.0121. The van der Waals surface area contributed by atoms with E-state index in [1.807, 2.05) is 0 Å². The molecule has 0 radical (unpaired) electrons. The van der Waals surface area contributed by atoms with Crippen LogP contribution >= 0.6 is 11.6 Å². The normalized spacial score (nSPS) is 17.8. The Balaban J connectivity index is 2.46. The summed E-state index contributed by atoms with van der Waals surface area (Å²) in [6.45, 7) is 0.744. The minimum atomic E-state index is -3.69. The van der Waals surface area contributed by atoms with Crippen molar-refractivity contribution in [3.8, 4) is 0 Å². The third kappa shape index (κ3) is 2.01. The molecule has 0 amide bonds. The number of hydrogen-bond acceptors (Lipinski definition) is 4. The molecule has 88 valence electrons. The molecular weight excluding hydrogens is 252 g/mol. The van der Waals surface area contributed by atoms with Crippen molar-refractivity contribution >= 4 is 27.3 Å². The Morgan fingerprint density at radius 3 is 2.81 bits per heavy atom. The number of nitrogens with zero attached hydrogens (tertiary/aromatic N) is 1. The molecule has 0 saturated carbocycles. The van der Waals surface area contributed by atoms with E-state index in [9.17, 15) is 8.42 Å². The lowest BCUT2D eigenvalue weighted by atomic mass is 10.3. The third-order valence-corrected chi connectivity index (χ3v) is 4.21. The van der Waals surface area contributed by atoms with Crippen molar-refractivity contribution in [2.75, 3.05) is 18.9 Å². The van der Waals surface area contributed by atoms with Gasteiger partial charge in [0.05, 0.1) is 12.3 Å². The number of sulfonamides is 1. The molecule has 1 heterocycles. The first-order valence-electron chi connectivity index (χ1n) is 4.72. The average Bonchev–Trinajstić information content (AvgIpc) is 2.75. The zero-order valence-electron chi connectivity index (χ0n) is 8.39. The SMILES string of the molecule is Nc1ccc(Cl)cc1S(=O)(=O)N1CCCO1. The molecule has 0 aliphatic carbocycles. The average molecular weight is 263 g/mol. The van der Waals surface area contributed by atoms with Gasteiger partial charge in [-0.05, 0) is 24.6 Å². The molecule has 1 aromatic carbocycles. The van der Waals surface area contributed by atoms with Gasteiger partial charge in [0.25, 0.3) is 10.0 Å². The number of halogens is 1. The maximum absolute atomic E-state index is 12.1. The van der Waals surface area contributed by atoms with E-state index in [-0.39, 0.29) is 10.6 Å². The maximum Gasteiger partial charge on any atom is 0.267 e. The summed E-state index contributed by atoms with van der Waals surface area (Å²) in [5, 5.41) is 0.326. The van der Waals surface area contributed by atoms with Gasteiger partial charge in [-0.1, -0.05) is 16.1 Å². The van der Waals surface area contributed by atoms with Crippen LogP contribution in [0.4, 0.5) is 5.69 Å². The van der Waals surface area contributed by atoms with Crippen LogP contribution in [0.25, 0.3) is 0 Å². The van der Waals surface area contributed by atoms with Crippen molar-refractivity contribution in [2.45, 2.75) is 11.3 Å². The van der Waals surface area contributed by atoms with E-state index in [0.29, 0.717) is 24.6 Å². The number of rotatable bonds is 2. The Morgan fingerprint density at radius 1 is 1.44 bits per heavy atom. The molecule has 0 unspecified atom stereocenters. The van der Waals surface area contributed by atoms with Crippen LogP contribution in [0, 0.1) is 0 Å². The molecule has 1 aliphatic rings. The quantitative estimate of drug-likeness (QED) is 0.814. The molecule has 1 saturated heterocycles. The first-order chi connectivity index (χ1) is 7.51. The van der Waals surface area contributed by atoms with Gasteiger partial charge in [0, 0.05) is 11.6 Å². The van der Waals surface area contributed by atoms with E-state index in [1.165, 1.54) is 12.1 Å². The summed E-state index contributed by atoms with van der Waals surface area (Å²) in [4.78, 5) is 5.00. The number of nitrogen functional groups attached to an aromatic ring is 1. The van der Waals surface area contributed by atoms with Gasteiger partial charge in [-0.15, -0.1) is 0 Å². The lowest BCUT2D eigenvalue weighted by molar-refractivity contribution is -0.0284. The number of hydroxylamine groups is 1. The Labute approximate surface area is 98.8 Å². The highest BCUT2D eigenvalue weighted by atomic mass is 35.5. The molecule has 2 rings (SSSR count). The highest BCUT2D eigenvalue weighted by Gasteiger charge is 2.30. The fraction of sp³-hybridized carbons (Fsp3) is 0.333. The third-order valence-electron chi connectivity index (χ3n) is 2.24. The van der Waals surface area contributed by atoms with Crippen LogP contribution in [-0.4, -0.2) is 26.0 Å². The largest absolute Gasteiger partial charge is 0.398 e. The van der Waals surface area contributed by atoms with E-state index in [2.05, 4.69) is 0 Å². The maximum atomic E-state index is 12.1. The smallest absolute Gasteiger partial charge is 0.267 e. The molecule has 2 N–H and O–H groups in total. The van der Waals surface area contributed by atoms with Crippen LogP contribution in [0.15, 0.2) is 23.1 Å². The molecule has 1 aliphatic heterocycles. The summed E-state index contributed by atoms with van der Waals surface area (Å²) in [6.07, 6.45) is 0.680. The van der Waals surface area contributed by atoms with Crippen molar-refractivity contribution in [1.82, 2.24) is 4.47 Å². The van der Waals surface area contributed by atoms with Crippen LogP contribution in [0.3, 0.4) is 0 Å². The highest BCUT2D eigenvalue weighted by molar-refractivity contribution is 7.89. The van der Waals surface area contributed by atoms with Gasteiger partial charge in [0.1, 0.15) is 4.90 Å². The summed E-state index contributed by atoms with van der Waals surface area (Å²) < 4.78 is 25.1. The molecule has 0 atom stereocenters. The zero-order valence-corrected chi connectivity index (χ0v) is 9.96. The van der Waals surface area contributed by atoms with Gasteiger partial charge >= 0.3 is 0 Å². The Morgan fingerprint density at radius 2 is 2.19 bits per heavy atom. The standard InChI is InChI=1S/C9H11ClN2O3S/c10-7-2-3-8(11)9(6-7)16(13,14)12-4-1-5-15-12/h2-3,6H,1,4-5,11H2. The summed E-state index contributed by atoms with van der Waals surface area (Å²) in [5.41, 5.74) is 5.79. The summed E-state index contributed by atoms with van der Waals surface area (Å²) >= 11 is 5.75. The van der Waals surface area contributed by atoms with Crippen molar-refractivity contribution in [2.24, 2.45) is 0 Å². The summed E-state index contributed by atoms with van der Waals surface area (Å²) in [5.74, 6) is 0. The van der Waals surface area contributed by atoms with E-state index >= 15 is 0 Å². The monoisotopic (exact) mass is 262 g/mol. The van der Waals surface area contributed by atoms with Crippen LogP contribution in [0.5, 0.6) is 0 Å². The van der Waals surface area contributed by atoms with Gasteiger partial charge < -0.3 is 5.73 Å². The lowest BCUT2D eigenvalue weighted by Crippen LogP contribution is -2.27. The second-order valence-electron chi connectivity index (χ2n) is 3.40. The topological polar surface area (TPSA) is 72.6 Å². The van der Waals surface area contributed by atoms with E-state index in [1.54, 1.807) is 6.07 Å². The lowest BCUT2D eigenvalue weighted by Gasteiger charge is -2.15. The fourth-order valence-corrected chi connectivity index (χ4v) is 3.14. The molecule has 7 heteroatoms. The Hall–Kier alpha value is -0.820. The predicted octanol–water partition coefficient (Wildman–Crippen LogP) is 1.25. The number of nitrogens with two attached hydrogens (primary N) is 1. The Kier molecular flexibility index (Phi) is 3.07. The molecule has 0 spiro atoms. The molecule has 1 aromatic rings. The van der Waals surface area contributed by atoms with Gasteiger partial charge in [-0.3, -0.25) is 4.84 Å². The van der Waals surface area contributed by atoms with E-state index < -0.39 is 10.0 Å². The van der Waals surface area contributed by atoms with Crippen LogP contribution in [0.1, 0.15) is 6.42 Å². The predicted molar refractivity (Wildman–Crippen MR) is 60.3 cm³/mol. The molecule has 1 fully saturated rings. The van der Waals surface area contributed by atoms with Gasteiger partial charge in [0.2, 0.25) is 0 Å². The fourth-order valence-electron chi connectivity index (χ4n) is 1.46. The molecule has 0 bridgehead atoms. The molecular formula is C9H11ClN2O3S. The van der Waals surface area contributed by atoms with Crippen molar-refractivity contribution in [1.29, 1.82) is 0 Å². The van der Waals surface area contributed by atoms with Crippen LogP contribution in [0.2, 0.25) is 5.02 Å². The molecule has 16 heavy (non-hydrogen) atoms. The Bertz CT molecular complexity index is 497. The van der Waals surface area contributed by atoms with Crippen LogP contribution in [-0.2, 0) is 14.9 Å². The van der Waals surface area contributed by atoms with Crippen molar-refractivity contribution in [3.05, 3.63) is 23.2 Å². The second kappa shape index (κ2) is 4.21.